The predicted molar refractivity (Wildman–Crippen MR) is 58.5 cm³/mol. The van der Waals surface area contributed by atoms with Crippen molar-refractivity contribution in [3.05, 3.63) is 30.1 Å². The summed E-state index contributed by atoms with van der Waals surface area (Å²) in [7, 11) is 0. The lowest BCUT2D eigenvalue weighted by atomic mass is 10.2. The molecule has 0 aliphatic carbocycles. The van der Waals surface area contributed by atoms with Gasteiger partial charge >= 0.3 is 0 Å². The maximum atomic E-state index is 13.6. The Bertz CT molecular complexity index is 520. The third-order valence-electron chi connectivity index (χ3n) is 2.71. The summed E-state index contributed by atoms with van der Waals surface area (Å²) in [6.45, 7) is 1.73. The van der Waals surface area contributed by atoms with Crippen LogP contribution in [0.15, 0.2) is 24.3 Å². The molecule has 0 bridgehead atoms. The highest BCUT2D eigenvalue weighted by Gasteiger charge is 2.18. The van der Waals surface area contributed by atoms with Crippen LogP contribution in [0.5, 0.6) is 0 Å². The van der Waals surface area contributed by atoms with E-state index in [4.69, 9.17) is 0 Å². The first-order chi connectivity index (χ1) is 7.86. The normalized spacial score (nSPS) is 14.3. The molecule has 5 heteroatoms. The average Bonchev–Trinajstić information content (AvgIpc) is 2.74. The molecular weight excluding hydrogens is 207 g/mol. The van der Waals surface area contributed by atoms with E-state index in [2.05, 4.69) is 15.5 Å². The topological polar surface area (TPSA) is 42.7 Å². The van der Waals surface area contributed by atoms with Crippen LogP contribution in [0.2, 0.25) is 0 Å². The quantitative estimate of drug-likeness (QED) is 0.795. The second-order valence-electron chi connectivity index (χ2n) is 3.76. The fourth-order valence-electron chi connectivity index (χ4n) is 1.92. The highest BCUT2D eigenvalue weighted by molar-refractivity contribution is 5.58. The van der Waals surface area contributed by atoms with E-state index in [0.29, 0.717) is 11.4 Å². The Morgan fingerprint density at radius 1 is 1.25 bits per heavy atom. The maximum absolute atomic E-state index is 13.6. The molecule has 1 aliphatic rings. The van der Waals surface area contributed by atoms with Crippen LogP contribution >= 0.6 is 0 Å². The van der Waals surface area contributed by atoms with E-state index < -0.39 is 0 Å². The van der Waals surface area contributed by atoms with Crippen LogP contribution in [0.3, 0.4) is 0 Å². The molecule has 1 aromatic carbocycles. The van der Waals surface area contributed by atoms with Crippen molar-refractivity contribution in [1.29, 1.82) is 0 Å². The van der Waals surface area contributed by atoms with Crippen molar-refractivity contribution in [3.8, 4) is 11.4 Å². The molecule has 82 valence electrons. The fourth-order valence-corrected chi connectivity index (χ4v) is 1.92. The number of aromatic nitrogens is 3. The van der Waals surface area contributed by atoms with Gasteiger partial charge in [-0.05, 0) is 18.6 Å². The zero-order chi connectivity index (χ0) is 11.0. The molecule has 0 atom stereocenters. The van der Waals surface area contributed by atoms with Gasteiger partial charge in [-0.25, -0.2) is 4.39 Å². The molecular formula is C11H11FN4. The summed E-state index contributed by atoms with van der Waals surface area (Å²) in [5.74, 6) is 1.06. The Morgan fingerprint density at radius 2 is 2.12 bits per heavy atom. The third kappa shape index (κ3) is 1.36. The zero-order valence-corrected chi connectivity index (χ0v) is 8.65. The van der Waals surface area contributed by atoms with E-state index in [-0.39, 0.29) is 5.82 Å². The molecule has 0 unspecified atom stereocenters. The molecule has 0 saturated heterocycles. The second kappa shape index (κ2) is 3.59. The van der Waals surface area contributed by atoms with Crippen molar-refractivity contribution in [1.82, 2.24) is 14.8 Å². The number of benzene rings is 1. The molecule has 4 nitrogen and oxygen atoms in total. The van der Waals surface area contributed by atoms with Crippen LogP contribution in [0, 0.1) is 5.82 Å². The van der Waals surface area contributed by atoms with Crippen molar-refractivity contribution in [2.24, 2.45) is 0 Å². The molecule has 0 fully saturated rings. The average molecular weight is 218 g/mol. The number of hydrogen-bond donors (Lipinski definition) is 1. The SMILES string of the molecule is Fc1ccccc1-c1nnc2n1CCCN2. The zero-order valence-electron chi connectivity index (χ0n) is 8.65. The minimum atomic E-state index is -0.261. The van der Waals surface area contributed by atoms with Crippen molar-refractivity contribution in [2.45, 2.75) is 13.0 Å². The maximum Gasteiger partial charge on any atom is 0.224 e. The van der Waals surface area contributed by atoms with Crippen molar-refractivity contribution in [2.75, 3.05) is 11.9 Å². The van der Waals surface area contributed by atoms with Gasteiger partial charge in [0.25, 0.3) is 0 Å². The Hall–Kier alpha value is -1.91. The predicted octanol–water partition coefficient (Wildman–Crippen LogP) is 1.90. The van der Waals surface area contributed by atoms with Crippen molar-refractivity contribution in [3.63, 3.8) is 0 Å². The summed E-state index contributed by atoms with van der Waals surface area (Å²) < 4.78 is 15.5. The summed E-state index contributed by atoms with van der Waals surface area (Å²) in [5.41, 5.74) is 0.505. The smallest absolute Gasteiger partial charge is 0.224 e. The van der Waals surface area contributed by atoms with Gasteiger partial charge in [-0.15, -0.1) is 10.2 Å². The summed E-state index contributed by atoms with van der Waals surface area (Å²) in [5, 5.41) is 11.2. The minimum Gasteiger partial charge on any atom is -0.354 e. The van der Waals surface area contributed by atoms with Crippen molar-refractivity contribution < 1.29 is 4.39 Å². The summed E-state index contributed by atoms with van der Waals surface area (Å²) in [6.07, 6.45) is 1.01. The molecule has 3 rings (SSSR count). The number of rotatable bonds is 1. The number of hydrogen-bond acceptors (Lipinski definition) is 3. The lowest BCUT2D eigenvalue weighted by Gasteiger charge is -2.16. The number of fused-ring (bicyclic) bond motifs is 1. The molecule has 1 N–H and O–H groups in total. The van der Waals surface area contributed by atoms with E-state index >= 15 is 0 Å². The standard InChI is InChI=1S/C11H11FN4/c12-9-5-2-1-4-8(9)10-14-15-11-13-6-3-7-16(10)11/h1-2,4-5H,3,6-7H2,(H,13,15). The van der Waals surface area contributed by atoms with Gasteiger partial charge in [-0.2, -0.15) is 0 Å². The number of nitrogens with zero attached hydrogens (tertiary/aromatic N) is 3. The van der Waals surface area contributed by atoms with Crippen LogP contribution < -0.4 is 5.32 Å². The monoisotopic (exact) mass is 218 g/mol. The lowest BCUT2D eigenvalue weighted by Crippen LogP contribution is -2.17. The number of nitrogens with one attached hydrogen (secondary N) is 1. The van der Waals surface area contributed by atoms with Gasteiger partial charge in [0, 0.05) is 13.1 Å². The summed E-state index contributed by atoms with van der Waals surface area (Å²) >= 11 is 0. The van der Waals surface area contributed by atoms with Crippen LogP contribution in [-0.4, -0.2) is 21.3 Å². The number of anilines is 1. The number of halogens is 1. The van der Waals surface area contributed by atoms with Gasteiger partial charge in [-0.1, -0.05) is 12.1 Å². The van der Waals surface area contributed by atoms with Gasteiger partial charge < -0.3 is 5.32 Å². The Balaban J connectivity index is 2.13. The highest BCUT2D eigenvalue weighted by Crippen LogP contribution is 2.24. The van der Waals surface area contributed by atoms with Gasteiger partial charge in [0.15, 0.2) is 5.82 Å². The lowest BCUT2D eigenvalue weighted by molar-refractivity contribution is 0.613. The molecule has 0 amide bonds. The van der Waals surface area contributed by atoms with Gasteiger partial charge in [0.2, 0.25) is 5.95 Å². The molecule has 2 aromatic rings. The van der Waals surface area contributed by atoms with Crippen molar-refractivity contribution >= 4 is 5.95 Å². The van der Waals surface area contributed by atoms with Gasteiger partial charge in [-0.3, -0.25) is 4.57 Å². The van der Waals surface area contributed by atoms with E-state index in [1.54, 1.807) is 18.2 Å². The largest absolute Gasteiger partial charge is 0.354 e. The van der Waals surface area contributed by atoms with E-state index in [1.165, 1.54) is 6.07 Å². The van der Waals surface area contributed by atoms with E-state index in [0.717, 1.165) is 25.5 Å². The van der Waals surface area contributed by atoms with Gasteiger partial charge in [0.05, 0.1) is 5.56 Å². The van der Waals surface area contributed by atoms with Crippen LogP contribution in [0.1, 0.15) is 6.42 Å². The first kappa shape index (κ1) is 9.33. The molecule has 2 heterocycles. The van der Waals surface area contributed by atoms with Crippen LogP contribution in [-0.2, 0) is 6.54 Å². The molecule has 0 spiro atoms. The van der Waals surface area contributed by atoms with Crippen LogP contribution in [0.4, 0.5) is 10.3 Å². The molecule has 1 aliphatic heterocycles. The molecule has 16 heavy (non-hydrogen) atoms. The highest BCUT2D eigenvalue weighted by atomic mass is 19.1. The first-order valence-corrected chi connectivity index (χ1v) is 5.28. The minimum absolute atomic E-state index is 0.261. The molecule has 0 saturated carbocycles. The fraction of sp³-hybridized carbons (Fsp3) is 0.273. The molecule has 0 radical (unpaired) electrons. The van der Waals surface area contributed by atoms with E-state index in [1.807, 2.05) is 4.57 Å². The second-order valence-corrected chi connectivity index (χ2v) is 3.76. The first-order valence-electron chi connectivity index (χ1n) is 5.28. The van der Waals surface area contributed by atoms with E-state index in [9.17, 15) is 4.39 Å². The Morgan fingerprint density at radius 3 is 3.00 bits per heavy atom. The Kier molecular flexibility index (Phi) is 2.09. The van der Waals surface area contributed by atoms with Gasteiger partial charge in [0.1, 0.15) is 5.82 Å². The van der Waals surface area contributed by atoms with Crippen LogP contribution in [0.25, 0.3) is 11.4 Å². The third-order valence-corrected chi connectivity index (χ3v) is 2.71. The molecule has 1 aromatic heterocycles. The summed E-state index contributed by atoms with van der Waals surface area (Å²) in [4.78, 5) is 0. The summed E-state index contributed by atoms with van der Waals surface area (Å²) in [6, 6.07) is 6.63. The Labute approximate surface area is 92.1 Å².